The molecule has 0 amide bonds. The van der Waals surface area contributed by atoms with Crippen molar-refractivity contribution in [2.45, 2.75) is 36.2 Å². The average Bonchev–Trinajstić information content (AvgIpc) is 3.37. The van der Waals surface area contributed by atoms with E-state index in [1.165, 1.54) is 5.56 Å². The number of ether oxygens (including phenoxy) is 2. The quantitative estimate of drug-likeness (QED) is 0.306. The predicted molar refractivity (Wildman–Crippen MR) is 127 cm³/mol. The number of anilines is 1. The van der Waals surface area contributed by atoms with Gasteiger partial charge in [0.1, 0.15) is 0 Å². The Hall–Kier alpha value is -1.41. The molecular formula is C22H22Cl3N3O2S. The van der Waals surface area contributed by atoms with Gasteiger partial charge in [0.25, 0.3) is 0 Å². The zero-order chi connectivity index (χ0) is 21.8. The number of benzene rings is 2. The zero-order valence-electron chi connectivity index (χ0n) is 16.6. The second-order valence-corrected chi connectivity index (χ2v) is 9.73. The second-order valence-electron chi connectivity index (χ2n) is 7.45. The van der Waals surface area contributed by atoms with Crippen LogP contribution in [0.5, 0.6) is 0 Å². The Morgan fingerprint density at radius 3 is 2.58 bits per heavy atom. The molecule has 0 saturated carbocycles. The third kappa shape index (κ3) is 5.89. The van der Waals surface area contributed by atoms with Gasteiger partial charge in [0.15, 0.2) is 5.79 Å². The van der Waals surface area contributed by atoms with Gasteiger partial charge in [-0.15, -0.1) is 11.8 Å². The smallest absolute Gasteiger partial charge is 0.187 e. The Labute approximate surface area is 200 Å². The molecule has 0 unspecified atom stereocenters. The minimum absolute atomic E-state index is 0.0941. The van der Waals surface area contributed by atoms with E-state index in [0.717, 1.165) is 16.3 Å². The summed E-state index contributed by atoms with van der Waals surface area (Å²) in [5.41, 5.74) is 7.52. The van der Waals surface area contributed by atoms with Crippen LogP contribution in [0.3, 0.4) is 0 Å². The predicted octanol–water partition coefficient (Wildman–Crippen LogP) is 5.96. The third-order valence-corrected chi connectivity index (χ3v) is 7.38. The molecular weight excluding hydrogens is 477 g/mol. The van der Waals surface area contributed by atoms with Crippen LogP contribution in [0.1, 0.15) is 12.0 Å². The number of rotatable bonds is 8. The second kappa shape index (κ2) is 10.0. The van der Waals surface area contributed by atoms with Crippen molar-refractivity contribution in [1.29, 1.82) is 0 Å². The van der Waals surface area contributed by atoms with E-state index >= 15 is 0 Å². The van der Waals surface area contributed by atoms with Crippen LogP contribution in [0.25, 0.3) is 0 Å². The van der Waals surface area contributed by atoms with Crippen LogP contribution in [-0.4, -0.2) is 33.8 Å². The molecule has 0 bridgehead atoms. The Morgan fingerprint density at radius 2 is 1.90 bits per heavy atom. The summed E-state index contributed by atoms with van der Waals surface area (Å²) in [5.74, 6) is -0.0732. The molecule has 0 spiro atoms. The van der Waals surface area contributed by atoms with E-state index in [1.54, 1.807) is 36.4 Å². The van der Waals surface area contributed by atoms with Crippen molar-refractivity contribution in [3.8, 4) is 0 Å². The molecule has 9 heteroatoms. The van der Waals surface area contributed by atoms with Gasteiger partial charge in [0.2, 0.25) is 0 Å². The molecule has 2 atom stereocenters. The highest BCUT2D eigenvalue weighted by Crippen LogP contribution is 2.39. The highest BCUT2D eigenvalue weighted by Gasteiger charge is 2.41. The molecule has 1 aromatic heterocycles. The zero-order valence-corrected chi connectivity index (χ0v) is 19.7. The van der Waals surface area contributed by atoms with Crippen molar-refractivity contribution in [2.75, 3.05) is 18.1 Å². The Morgan fingerprint density at radius 1 is 1.16 bits per heavy atom. The van der Waals surface area contributed by atoms with Crippen LogP contribution in [0, 0.1) is 0 Å². The molecule has 5 nitrogen and oxygen atoms in total. The minimum Gasteiger partial charge on any atom is -0.399 e. The molecule has 1 saturated heterocycles. The lowest BCUT2D eigenvalue weighted by atomic mass is 10.0. The van der Waals surface area contributed by atoms with E-state index in [0.29, 0.717) is 41.1 Å². The fourth-order valence-electron chi connectivity index (χ4n) is 3.53. The number of aromatic nitrogens is 2. The van der Waals surface area contributed by atoms with E-state index in [9.17, 15) is 0 Å². The highest BCUT2D eigenvalue weighted by molar-refractivity contribution is 7.99. The Bertz CT molecular complexity index is 994. The molecule has 3 aromatic rings. The van der Waals surface area contributed by atoms with Crippen LogP contribution in [-0.2, 0) is 22.4 Å². The monoisotopic (exact) mass is 497 g/mol. The van der Waals surface area contributed by atoms with Gasteiger partial charge >= 0.3 is 0 Å². The number of hydrogen-bond acceptors (Lipinski definition) is 5. The summed E-state index contributed by atoms with van der Waals surface area (Å²) >= 11 is 20.2. The lowest BCUT2D eigenvalue weighted by molar-refractivity contribution is -0.180. The number of thioether (sulfide) groups is 1. The van der Waals surface area contributed by atoms with E-state index in [2.05, 4.69) is 4.98 Å². The molecule has 1 fully saturated rings. The molecule has 164 valence electrons. The van der Waals surface area contributed by atoms with Crippen molar-refractivity contribution in [3.63, 3.8) is 0 Å². The summed E-state index contributed by atoms with van der Waals surface area (Å²) in [5, 5.41) is 1.81. The maximum Gasteiger partial charge on any atom is 0.187 e. The number of halogens is 3. The topological polar surface area (TPSA) is 62.3 Å². The fraction of sp³-hybridized carbons (Fsp3) is 0.318. The van der Waals surface area contributed by atoms with Crippen molar-refractivity contribution in [3.05, 3.63) is 75.8 Å². The van der Waals surface area contributed by atoms with E-state index in [1.807, 2.05) is 35.0 Å². The third-order valence-electron chi connectivity index (χ3n) is 5.04. The molecule has 2 heterocycles. The first-order valence-electron chi connectivity index (χ1n) is 9.82. The van der Waals surface area contributed by atoms with Gasteiger partial charge in [0.05, 0.1) is 35.6 Å². The molecule has 0 radical (unpaired) electrons. The lowest BCUT2D eigenvalue weighted by Gasteiger charge is -2.28. The molecule has 1 aliphatic heterocycles. The van der Waals surface area contributed by atoms with Crippen molar-refractivity contribution >= 4 is 52.3 Å². The summed E-state index contributed by atoms with van der Waals surface area (Å²) in [6, 6.07) is 11.3. The molecule has 2 N–H and O–H groups in total. The molecule has 2 aromatic carbocycles. The van der Waals surface area contributed by atoms with Gasteiger partial charge in [-0.1, -0.05) is 46.9 Å². The molecule has 0 aliphatic carbocycles. The number of imidazole rings is 1. The molecule has 4 rings (SSSR count). The van der Waals surface area contributed by atoms with Gasteiger partial charge in [-0.3, -0.25) is 0 Å². The van der Waals surface area contributed by atoms with Crippen molar-refractivity contribution in [1.82, 2.24) is 9.55 Å². The fourth-order valence-corrected chi connectivity index (χ4v) is 5.40. The first-order valence-corrected chi connectivity index (χ1v) is 11.9. The van der Waals surface area contributed by atoms with Crippen LogP contribution >= 0.6 is 46.6 Å². The van der Waals surface area contributed by atoms with Crippen LogP contribution in [0.15, 0.2) is 60.0 Å². The standard InChI is InChI=1S/C22H22Cl3N3O2S/c23-16-3-1-15(2-4-16)5-6-22(13-28-8-7-27-14-28)29-11-18(30-22)12-31-21-19(24)9-17(26)10-20(21)25/h1-4,7-10,14,18H,5-6,11-13,26H2/t18-,22-/m0/s1. The van der Waals surface area contributed by atoms with Gasteiger partial charge < -0.3 is 19.8 Å². The van der Waals surface area contributed by atoms with Gasteiger partial charge in [-0.25, -0.2) is 4.98 Å². The average molecular weight is 499 g/mol. The summed E-state index contributed by atoms with van der Waals surface area (Å²) in [7, 11) is 0. The number of nitrogens with zero attached hydrogens (tertiary/aromatic N) is 2. The maximum atomic E-state index is 6.46. The summed E-state index contributed by atoms with van der Waals surface area (Å²) in [4.78, 5) is 4.94. The van der Waals surface area contributed by atoms with Crippen LogP contribution in [0.4, 0.5) is 5.69 Å². The highest BCUT2D eigenvalue weighted by atomic mass is 35.5. The maximum absolute atomic E-state index is 6.46. The Kier molecular flexibility index (Phi) is 7.37. The van der Waals surface area contributed by atoms with Gasteiger partial charge in [-0.05, 0) is 36.2 Å². The van der Waals surface area contributed by atoms with Crippen LogP contribution in [0.2, 0.25) is 15.1 Å². The summed E-state index contributed by atoms with van der Waals surface area (Å²) < 4.78 is 14.7. The van der Waals surface area contributed by atoms with Gasteiger partial charge in [-0.2, -0.15) is 0 Å². The largest absolute Gasteiger partial charge is 0.399 e. The Balaban J connectivity index is 1.43. The van der Waals surface area contributed by atoms with Gasteiger partial charge in [0, 0.05) is 40.2 Å². The van der Waals surface area contributed by atoms with Crippen LogP contribution < -0.4 is 5.73 Å². The lowest BCUT2D eigenvalue weighted by Crippen LogP contribution is -2.37. The SMILES string of the molecule is Nc1cc(Cl)c(SC[C@@H]2CO[C@](CCc3ccc(Cl)cc3)(Cn3ccnc3)O2)c(Cl)c1. The summed E-state index contributed by atoms with van der Waals surface area (Å²) in [6.07, 6.45) is 6.85. The first kappa shape index (κ1) is 22.8. The first-order chi connectivity index (χ1) is 14.9. The number of nitrogens with two attached hydrogens (primary N) is 1. The van der Waals surface area contributed by atoms with Crippen molar-refractivity contribution in [2.24, 2.45) is 0 Å². The summed E-state index contributed by atoms with van der Waals surface area (Å²) in [6.45, 7) is 1.05. The molecule has 1 aliphatic rings. The van der Waals surface area contributed by atoms with E-state index in [-0.39, 0.29) is 6.10 Å². The van der Waals surface area contributed by atoms with E-state index < -0.39 is 5.79 Å². The normalized spacial score (nSPS) is 20.9. The number of nitrogen functional groups attached to an aromatic ring is 1. The molecule has 31 heavy (non-hydrogen) atoms. The minimum atomic E-state index is -0.736. The number of hydrogen-bond donors (Lipinski definition) is 1. The van der Waals surface area contributed by atoms with E-state index in [4.69, 9.17) is 50.0 Å². The number of aryl methyl sites for hydroxylation is 1. The van der Waals surface area contributed by atoms with Crippen molar-refractivity contribution < 1.29 is 9.47 Å².